The summed E-state index contributed by atoms with van der Waals surface area (Å²) in [7, 11) is 1.60. The Morgan fingerprint density at radius 1 is 1.30 bits per heavy atom. The first-order valence-corrected chi connectivity index (χ1v) is 5.95. The molecule has 3 N–H and O–H groups in total. The van der Waals surface area contributed by atoms with Gasteiger partial charge in [0.1, 0.15) is 18.1 Å². The van der Waals surface area contributed by atoms with Crippen LogP contribution in [0.1, 0.15) is 16.1 Å². The maximum atomic E-state index is 11.3. The number of benzene rings is 1. The van der Waals surface area contributed by atoms with Gasteiger partial charge >= 0.3 is 0 Å². The van der Waals surface area contributed by atoms with E-state index in [1.54, 1.807) is 25.3 Å². The zero-order valence-electron chi connectivity index (χ0n) is 11.0. The van der Waals surface area contributed by atoms with Gasteiger partial charge in [0.2, 0.25) is 0 Å². The summed E-state index contributed by atoms with van der Waals surface area (Å²) in [6.07, 6.45) is 1.45. The molecule has 0 spiro atoms. The Balaban J connectivity index is 1.98. The molecule has 1 aromatic carbocycles. The van der Waals surface area contributed by atoms with Gasteiger partial charge in [-0.05, 0) is 24.3 Å². The number of nitrogen functional groups attached to an aromatic ring is 1. The molecule has 0 aliphatic carbocycles. The normalized spacial score (nSPS) is 9.90. The molecule has 2 rings (SSSR count). The Hall–Kier alpha value is -2.60. The minimum atomic E-state index is -0.377. The number of aromatic nitrogens is 1. The van der Waals surface area contributed by atoms with E-state index in [9.17, 15) is 4.79 Å². The van der Waals surface area contributed by atoms with Crippen LogP contribution in [0.25, 0.3) is 0 Å². The number of amides is 1. The monoisotopic (exact) mass is 273 g/mol. The van der Waals surface area contributed by atoms with Crippen LogP contribution in [0.2, 0.25) is 0 Å². The van der Waals surface area contributed by atoms with Crippen LogP contribution in [0.4, 0.5) is 0 Å². The third-order valence-electron chi connectivity index (χ3n) is 2.65. The summed E-state index contributed by atoms with van der Waals surface area (Å²) < 4.78 is 10.7. The molecule has 0 fully saturated rings. The Morgan fingerprint density at radius 2 is 2.10 bits per heavy atom. The van der Waals surface area contributed by atoms with E-state index >= 15 is 0 Å². The molecule has 0 aliphatic rings. The van der Waals surface area contributed by atoms with Crippen LogP contribution in [0.5, 0.6) is 11.5 Å². The molecular formula is C14H15N3O3. The minimum Gasteiger partial charge on any atom is -0.497 e. The second kappa shape index (κ2) is 6.53. The summed E-state index contributed by atoms with van der Waals surface area (Å²) in [5, 5.41) is 0. The van der Waals surface area contributed by atoms with E-state index in [-0.39, 0.29) is 5.91 Å². The average Bonchev–Trinajstić information content (AvgIpc) is 2.53. The highest BCUT2D eigenvalue weighted by Crippen LogP contribution is 2.19. The molecule has 20 heavy (non-hydrogen) atoms. The Bertz CT molecular complexity index is 584. The summed E-state index contributed by atoms with van der Waals surface area (Å²) in [4.78, 5) is 15.4. The van der Waals surface area contributed by atoms with Crippen LogP contribution in [0, 0.1) is 0 Å². The predicted octanol–water partition coefficient (Wildman–Crippen LogP) is 1.27. The van der Waals surface area contributed by atoms with E-state index in [0.29, 0.717) is 23.6 Å². The van der Waals surface area contributed by atoms with Crippen molar-refractivity contribution in [3.8, 4) is 11.5 Å². The van der Waals surface area contributed by atoms with Crippen LogP contribution >= 0.6 is 0 Å². The molecule has 0 bridgehead atoms. The number of rotatable bonds is 5. The third-order valence-corrected chi connectivity index (χ3v) is 2.65. The smallest absolute Gasteiger partial charge is 0.266 e. The van der Waals surface area contributed by atoms with Gasteiger partial charge in [-0.15, -0.1) is 0 Å². The number of methoxy groups -OCH3 is 1. The van der Waals surface area contributed by atoms with Gasteiger partial charge in [0.25, 0.3) is 5.91 Å². The first-order chi connectivity index (χ1) is 9.72. The van der Waals surface area contributed by atoms with E-state index < -0.39 is 0 Å². The fraction of sp³-hybridized carbons (Fsp3) is 0.143. The summed E-state index contributed by atoms with van der Waals surface area (Å²) in [5.41, 5.74) is 3.16. The number of nitrogens with one attached hydrogen (secondary N) is 1. The highest BCUT2D eigenvalue weighted by molar-refractivity contribution is 5.93. The van der Waals surface area contributed by atoms with Crippen LogP contribution < -0.4 is 20.7 Å². The average molecular weight is 273 g/mol. The van der Waals surface area contributed by atoms with E-state index in [0.717, 1.165) is 5.75 Å². The van der Waals surface area contributed by atoms with Crippen molar-refractivity contribution in [3.63, 3.8) is 0 Å². The molecule has 0 saturated heterocycles. The zero-order chi connectivity index (χ0) is 14.4. The maximum Gasteiger partial charge on any atom is 0.266 e. The van der Waals surface area contributed by atoms with E-state index in [1.165, 1.54) is 6.20 Å². The molecule has 1 heterocycles. The standard InChI is InChI=1S/C14H15N3O3/c1-19-12-3-2-4-13(7-12)20-9-11-6-5-10(8-16-11)14(18)17-15/h2-8H,9,15H2,1H3,(H,17,18). The van der Waals surface area contributed by atoms with Gasteiger partial charge in [-0.3, -0.25) is 15.2 Å². The van der Waals surface area contributed by atoms with Gasteiger partial charge in [0.15, 0.2) is 0 Å². The van der Waals surface area contributed by atoms with Gasteiger partial charge in [-0.2, -0.15) is 0 Å². The van der Waals surface area contributed by atoms with Crippen molar-refractivity contribution in [1.29, 1.82) is 0 Å². The highest BCUT2D eigenvalue weighted by atomic mass is 16.5. The maximum absolute atomic E-state index is 11.3. The number of ether oxygens (including phenoxy) is 2. The Kier molecular flexibility index (Phi) is 4.52. The molecule has 1 aromatic heterocycles. The lowest BCUT2D eigenvalue weighted by atomic mass is 10.2. The quantitative estimate of drug-likeness (QED) is 0.487. The SMILES string of the molecule is COc1cccc(OCc2ccc(C(=O)NN)cn2)c1. The number of hydrazine groups is 1. The van der Waals surface area contributed by atoms with Crippen LogP contribution in [-0.4, -0.2) is 18.0 Å². The molecule has 2 aromatic rings. The van der Waals surface area contributed by atoms with Crippen LogP contribution in [0.15, 0.2) is 42.6 Å². The first kappa shape index (κ1) is 13.8. The Morgan fingerprint density at radius 3 is 2.75 bits per heavy atom. The van der Waals surface area contributed by atoms with Gasteiger partial charge in [0, 0.05) is 12.3 Å². The summed E-state index contributed by atoms with van der Waals surface area (Å²) in [5.74, 6) is 6.08. The Labute approximate surface area is 116 Å². The van der Waals surface area contributed by atoms with Crippen molar-refractivity contribution in [2.24, 2.45) is 5.84 Å². The molecule has 6 heteroatoms. The molecule has 0 atom stereocenters. The van der Waals surface area contributed by atoms with E-state index in [2.05, 4.69) is 4.98 Å². The summed E-state index contributed by atoms with van der Waals surface area (Å²) >= 11 is 0. The zero-order valence-corrected chi connectivity index (χ0v) is 11.0. The third kappa shape index (κ3) is 3.46. The number of hydrogen-bond acceptors (Lipinski definition) is 5. The first-order valence-electron chi connectivity index (χ1n) is 5.95. The van der Waals surface area contributed by atoms with E-state index in [1.807, 2.05) is 23.6 Å². The number of nitrogens with zero attached hydrogens (tertiary/aromatic N) is 1. The molecule has 0 aliphatic heterocycles. The molecule has 1 amide bonds. The number of carbonyl (C=O) groups is 1. The minimum absolute atomic E-state index is 0.303. The lowest BCUT2D eigenvalue weighted by Gasteiger charge is -2.07. The molecule has 6 nitrogen and oxygen atoms in total. The van der Waals surface area contributed by atoms with Crippen molar-refractivity contribution in [1.82, 2.24) is 10.4 Å². The topological polar surface area (TPSA) is 86.5 Å². The van der Waals surface area contributed by atoms with E-state index in [4.69, 9.17) is 15.3 Å². The molecule has 0 unspecified atom stereocenters. The van der Waals surface area contributed by atoms with Crippen LogP contribution in [0.3, 0.4) is 0 Å². The second-order valence-electron chi connectivity index (χ2n) is 3.98. The summed E-state index contributed by atoms with van der Waals surface area (Å²) in [6.45, 7) is 0.303. The molecular weight excluding hydrogens is 258 g/mol. The van der Waals surface area contributed by atoms with Gasteiger partial charge < -0.3 is 9.47 Å². The van der Waals surface area contributed by atoms with Gasteiger partial charge in [-0.1, -0.05) is 6.07 Å². The predicted molar refractivity (Wildman–Crippen MR) is 73.2 cm³/mol. The fourth-order valence-corrected chi connectivity index (χ4v) is 1.58. The van der Waals surface area contributed by atoms with Crippen molar-refractivity contribution < 1.29 is 14.3 Å². The van der Waals surface area contributed by atoms with Crippen molar-refractivity contribution in [3.05, 3.63) is 53.9 Å². The van der Waals surface area contributed by atoms with Crippen molar-refractivity contribution in [2.45, 2.75) is 6.61 Å². The number of pyridine rings is 1. The van der Waals surface area contributed by atoms with Crippen molar-refractivity contribution in [2.75, 3.05) is 7.11 Å². The molecule has 104 valence electrons. The van der Waals surface area contributed by atoms with Crippen LogP contribution in [-0.2, 0) is 6.61 Å². The largest absolute Gasteiger partial charge is 0.497 e. The molecule has 0 radical (unpaired) electrons. The fourth-order valence-electron chi connectivity index (χ4n) is 1.58. The number of carbonyl (C=O) groups excluding carboxylic acids is 1. The highest BCUT2D eigenvalue weighted by Gasteiger charge is 2.04. The lowest BCUT2D eigenvalue weighted by Crippen LogP contribution is -2.30. The van der Waals surface area contributed by atoms with Gasteiger partial charge in [-0.25, -0.2) is 5.84 Å². The number of nitrogens with two attached hydrogens (primary N) is 1. The molecule has 0 saturated carbocycles. The summed E-state index contributed by atoms with van der Waals surface area (Å²) in [6, 6.07) is 10.7. The van der Waals surface area contributed by atoms with Crippen molar-refractivity contribution >= 4 is 5.91 Å². The second-order valence-corrected chi connectivity index (χ2v) is 3.98. The van der Waals surface area contributed by atoms with Gasteiger partial charge in [0.05, 0.1) is 18.4 Å². The number of hydrogen-bond donors (Lipinski definition) is 2. The lowest BCUT2D eigenvalue weighted by molar-refractivity contribution is 0.0953.